The molecule has 5 nitrogen and oxygen atoms in total. The molecule has 112 valence electrons. The number of aryl methyl sites for hydroxylation is 1. The Morgan fingerprint density at radius 1 is 1.38 bits per heavy atom. The molecule has 0 radical (unpaired) electrons. The molecule has 1 aromatic carbocycles. The van der Waals surface area contributed by atoms with Gasteiger partial charge in [-0.15, -0.1) is 0 Å². The number of carbonyl (C=O) groups excluding carboxylic acids is 1. The minimum atomic E-state index is -0.155. The summed E-state index contributed by atoms with van der Waals surface area (Å²) in [6, 6.07) is 5.25. The van der Waals surface area contributed by atoms with Crippen molar-refractivity contribution >= 4 is 23.2 Å². The molecule has 2 rings (SSSR count). The lowest BCUT2D eigenvalue weighted by molar-refractivity contribution is 0.0951. The van der Waals surface area contributed by atoms with E-state index in [-0.39, 0.29) is 5.91 Å². The Labute approximate surface area is 129 Å². The lowest BCUT2D eigenvalue weighted by Gasteiger charge is -2.11. The lowest BCUT2D eigenvalue weighted by Crippen LogP contribution is -2.23. The van der Waals surface area contributed by atoms with E-state index in [0.717, 1.165) is 24.3 Å². The number of amides is 1. The molecule has 0 spiro atoms. The van der Waals surface area contributed by atoms with Crippen molar-refractivity contribution in [2.75, 3.05) is 11.9 Å². The Morgan fingerprint density at radius 2 is 2.19 bits per heavy atom. The molecule has 0 saturated heterocycles. The SMILES string of the molecule is CCNc1ccc(Cl)cc1C(=O)NCc1cnn(CC)c1. The molecule has 0 aliphatic carbocycles. The molecule has 1 aromatic heterocycles. The Morgan fingerprint density at radius 3 is 2.86 bits per heavy atom. The van der Waals surface area contributed by atoms with Crippen molar-refractivity contribution in [1.29, 1.82) is 0 Å². The molecule has 0 fully saturated rings. The molecule has 2 aromatic rings. The standard InChI is InChI=1S/C15H19ClN4O/c1-3-17-14-6-5-12(16)7-13(14)15(21)18-8-11-9-19-20(4-2)10-11/h5-7,9-10,17H,3-4,8H2,1-2H3,(H,18,21). The molecule has 0 bridgehead atoms. The van der Waals surface area contributed by atoms with E-state index in [2.05, 4.69) is 15.7 Å². The van der Waals surface area contributed by atoms with E-state index in [0.29, 0.717) is 17.1 Å². The highest BCUT2D eigenvalue weighted by molar-refractivity contribution is 6.31. The summed E-state index contributed by atoms with van der Waals surface area (Å²) >= 11 is 5.98. The number of benzene rings is 1. The largest absolute Gasteiger partial charge is 0.385 e. The molecular formula is C15H19ClN4O. The average molecular weight is 307 g/mol. The fraction of sp³-hybridized carbons (Fsp3) is 0.333. The number of hydrogen-bond donors (Lipinski definition) is 2. The summed E-state index contributed by atoms with van der Waals surface area (Å²) in [7, 11) is 0. The molecule has 6 heteroatoms. The van der Waals surface area contributed by atoms with Gasteiger partial charge < -0.3 is 10.6 Å². The van der Waals surface area contributed by atoms with Crippen molar-refractivity contribution in [2.24, 2.45) is 0 Å². The van der Waals surface area contributed by atoms with E-state index in [1.165, 1.54) is 0 Å². The van der Waals surface area contributed by atoms with Gasteiger partial charge in [-0.2, -0.15) is 5.10 Å². The fourth-order valence-corrected chi connectivity index (χ4v) is 2.17. The van der Waals surface area contributed by atoms with Gasteiger partial charge in [0.05, 0.1) is 11.8 Å². The van der Waals surface area contributed by atoms with E-state index in [1.807, 2.05) is 30.8 Å². The molecule has 0 unspecified atom stereocenters. The van der Waals surface area contributed by atoms with Crippen LogP contribution in [0.4, 0.5) is 5.69 Å². The van der Waals surface area contributed by atoms with Crippen LogP contribution in [0, 0.1) is 0 Å². The number of nitrogens with zero attached hydrogens (tertiary/aromatic N) is 2. The van der Waals surface area contributed by atoms with Crippen molar-refractivity contribution in [1.82, 2.24) is 15.1 Å². The zero-order valence-electron chi connectivity index (χ0n) is 12.2. The second kappa shape index (κ2) is 7.13. The number of nitrogens with one attached hydrogen (secondary N) is 2. The Kier molecular flexibility index (Phi) is 5.22. The first-order chi connectivity index (χ1) is 10.1. The molecule has 0 aliphatic rings. The number of halogens is 1. The highest BCUT2D eigenvalue weighted by atomic mass is 35.5. The third kappa shape index (κ3) is 3.98. The normalized spacial score (nSPS) is 10.4. The van der Waals surface area contributed by atoms with Gasteiger partial charge in [-0.05, 0) is 32.0 Å². The molecule has 0 atom stereocenters. The van der Waals surface area contributed by atoms with Crippen molar-refractivity contribution in [3.63, 3.8) is 0 Å². The highest BCUT2D eigenvalue weighted by Gasteiger charge is 2.12. The predicted octanol–water partition coefficient (Wildman–Crippen LogP) is 2.92. The minimum absolute atomic E-state index is 0.155. The first-order valence-electron chi connectivity index (χ1n) is 6.97. The molecule has 0 aliphatic heterocycles. The number of carbonyl (C=O) groups is 1. The molecule has 0 saturated carbocycles. The second-order valence-electron chi connectivity index (χ2n) is 4.61. The Hall–Kier alpha value is -2.01. The maximum absolute atomic E-state index is 12.3. The summed E-state index contributed by atoms with van der Waals surface area (Å²) in [5.41, 5.74) is 2.30. The second-order valence-corrected chi connectivity index (χ2v) is 5.04. The quantitative estimate of drug-likeness (QED) is 0.862. The molecule has 1 amide bonds. The van der Waals surface area contributed by atoms with Crippen LogP contribution in [0.3, 0.4) is 0 Å². The van der Waals surface area contributed by atoms with E-state index in [1.54, 1.807) is 18.3 Å². The van der Waals surface area contributed by atoms with Gasteiger partial charge in [0, 0.05) is 42.1 Å². The molecular weight excluding hydrogens is 288 g/mol. The lowest BCUT2D eigenvalue weighted by atomic mass is 10.1. The van der Waals surface area contributed by atoms with Crippen molar-refractivity contribution < 1.29 is 4.79 Å². The number of hydrogen-bond acceptors (Lipinski definition) is 3. The smallest absolute Gasteiger partial charge is 0.253 e. The van der Waals surface area contributed by atoms with Gasteiger partial charge in [0.15, 0.2) is 0 Å². The maximum atomic E-state index is 12.3. The fourth-order valence-electron chi connectivity index (χ4n) is 2.00. The zero-order chi connectivity index (χ0) is 15.2. The van der Waals surface area contributed by atoms with Gasteiger partial charge in [-0.25, -0.2) is 0 Å². The number of rotatable bonds is 6. The third-order valence-corrected chi connectivity index (χ3v) is 3.29. The van der Waals surface area contributed by atoms with Crippen LogP contribution in [-0.2, 0) is 13.1 Å². The average Bonchev–Trinajstić information content (AvgIpc) is 2.95. The number of aromatic nitrogens is 2. The van der Waals surface area contributed by atoms with Gasteiger partial charge in [0.2, 0.25) is 0 Å². The topological polar surface area (TPSA) is 59.0 Å². The molecule has 21 heavy (non-hydrogen) atoms. The van der Waals surface area contributed by atoms with E-state index in [4.69, 9.17) is 11.6 Å². The van der Waals surface area contributed by atoms with Crippen LogP contribution in [0.5, 0.6) is 0 Å². The van der Waals surface area contributed by atoms with Gasteiger partial charge >= 0.3 is 0 Å². The zero-order valence-corrected chi connectivity index (χ0v) is 12.9. The first-order valence-corrected chi connectivity index (χ1v) is 7.34. The Bertz CT molecular complexity index is 624. The summed E-state index contributed by atoms with van der Waals surface area (Å²) in [4.78, 5) is 12.3. The van der Waals surface area contributed by atoms with Crippen LogP contribution < -0.4 is 10.6 Å². The van der Waals surface area contributed by atoms with Gasteiger partial charge in [-0.1, -0.05) is 11.6 Å². The van der Waals surface area contributed by atoms with Crippen molar-refractivity contribution in [2.45, 2.75) is 26.9 Å². The van der Waals surface area contributed by atoms with Crippen LogP contribution in [0.1, 0.15) is 29.8 Å². The summed E-state index contributed by atoms with van der Waals surface area (Å²) in [6.07, 6.45) is 3.68. The molecule has 1 heterocycles. The minimum Gasteiger partial charge on any atom is -0.385 e. The van der Waals surface area contributed by atoms with Crippen LogP contribution in [0.25, 0.3) is 0 Å². The van der Waals surface area contributed by atoms with Crippen LogP contribution >= 0.6 is 11.6 Å². The van der Waals surface area contributed by atoms with E-state index < -0.39 is 0 Å². The third-order valence-electron chi connectivity index (χ3n) is 3.06. The van der Waals surface area contributed by atoms with Gasteiger partial charge in [0.1, 0.15) is 0 Å². The summed E-state index contributed by atoms with van der Waals surface area (Å²) in [5.74, 6) is -0.155. The van der Waals surface area contributed by atoms with Gasteiger partial charge in [-0.3, -0.25) is 9.48 Å². The van der Waals surface area contributed by atoms with E-state index >= 15 is 0 Å². The summed E-state index contributed by atoms with van der Waals surface area (Å²) < 4.78 is 1.82. The highest BCUT2D eigenvalue weighted by Crippen LogP contribution is 2.20. The van der Waals surface area contributed by atoms with Gasteiger partial charge in [0.25, 0.3) is 5.91 Å². The van der Waals surface area contributed by atoms with E-state index in [9.17, 15) is 4.79 Å². The Balaban J connectivity index is 2.07. The summed E-state index contributed by atoms with van der Waals surface area (Å²) in [6.45, 7) is 5.99. The predicted molar refractivity (Wildman–Crippen MR) is 84.7 cm³/mol. The maximum Gasteiger partial charge on any atom is 0.253 e. The first kappa shape index (κ1) is 15.4. The van der Waals surface area contributed by atoms with Crippen LogP contribution in [0.15, 0.2) is 30.6 Å². The summed E-state index contributed by atoms with van der Waals surface area (Å²) in [5, 5.41) is 10.8. The van der Waals surface area contributed by atoms with Crippen molar-refractivity contribution in [3.8, 4) is 0 Å². The number of anilines is 1. The van der Waals surface area contributed by atoms with Crippen LogP contribution in [0.2, 0.25) is 5.02 Å². The molecule has 2 N–H and O–H groups in total. The van der Waals surface area contributed by atoms with Crippen molar-refractivity contribution in [3.05, 3.63) is 46.7 Å². The van der Waals surface area contributed by atoms with Crippen LogP contribution in [-0.4, -0.2) is 22.2 Å². The monoisotopic (exact) mass is 306 g/mol.